The van der Waals surface area contributed by atoms with Crippen molar-refractivity contribution in [1.29, 1.82) is 0 Å². The molecule has 1 aliphatic heterocycles. The maximum atomic E-state index is 12.2. The van der Waals surface area contributed by atoms with Crippen LogP contribution in [0, 0.1) is 5.92 Å². The topological polar surface area (TPSA) is 58.6 Å². The van der Waals surface area contributed by atoms with Gasteiger partial charge in [0.05, 0.1) is 5.69 Å². The molecule has 0 aliphatic carbocycles. The fourth-order valence-corrected chi connectivity index (χ4v) is 2.90. The molecule has 0 saturated heterocycles. The summed E-state index contributed by atoms with van der Waals surface area (Å²) in [5.74, 6) is 0.627. The lowest BCUT2D eigenvalue weighted by atomic mass is 10.1. The van der Waals surface area contributed by atoms with E-state index in [-0.39, 0.29) is 18.4 Å². The maximum Gasteiger partial charge on any atom is 0.265 e. The number of benzene rings is 2. The fraction of sp³-hybridized carbons (Fsp3) is 0.238. The van der Waals surface area contributed by atoms with Crippen LogP contribution < -0.4 is 15.0 Å². The Hall–Kier alpha value is -2.79. The number of hydrogen-bond donors (Lipinski definition) is 1. The Balaban J connectivity index is 1.70. The van der Waals surface area contributed by atoms with Crippen LogP contribution in [-0.4, -0.2) is 25.0 Å². The molecule has 0 saturated carbocycles. The minimum atomic E-state index is -0.254. The Bertz CT molecular complexity index is 875. The normalized spacial score (nSPS) is 13.6. The van der Waals surface area contributed by atoms with Crippen molar-refractivity contribution < 1.29 is 14.3 Å². The molecule has 0 bridgehead atoms. The summed E-state index contributed by atoms with van der Waals surface area (Å²) in [5, 5.41) is 3.45. The van der Waals surface area contributed by atoms with E-state index < -0.39 is 0 Å². The number of hydrogen-bond acceptors (Lipinski definition) is 3. The molecule has 5 nitrogen and oxygen atoms in total. The fourth-order valence-electron chi connectivity index (χ4n) is 2.78. The van der Waals surface area contributed by atoms with Gasteiger partial charge in [0.1, 0.15) is 5.75 Å². The average molecular weight is 385 g/mol. The van der Waals surface area contributed by atoms with Gasteiger partial charge in [-0.1, -0.05) is 37.6 Å². The predicted octanol–water partition coefficient (Wildman–Crippen LogP) is 4.37. The average Bonchev–Trinajstić information content (AvgIpc) is 2.63. The smallest absolute Gasteiger partial charge is 0.265 e. The van der Waals surface area contributed by atoms with Crippen LogP contribution in [0.2, 0.25) is 5.02 Å². The molecule has 1 heterocycles. The van der Waals surface area contributed by atoms with E-state index in [2.05, 4.69) is 19.2 Å². The van der Waals surface area contributed by atoms with Gasteiger partial charge >= 0.3 is 0 Å². The molecular formula is C21H21ClN2O3. The Morgan fingerprint density at radius 3 is 2.70 bits per heavy atom. The lowest BCUT2D eigenvalue weighted by Crippen LogP contribution is -2.40. The van der Waals surface area contributed by atoms with E-state index in [9.17, 15) is 9.59 Å². The lowest BCUT2D eigenvalue weighted by Gasteiger charge is -2.30. The van der Waals surface area contributed by atoms with E-state index in [1.165, 1.54) is 6.08 Å². The van der Waals surface area contributed by atoms with Crippen LogP contribution in [0.5, 0.6) is 5.75 Å². The van der Waals surface area contributed by atoms with E-state index in [0.717, 1.165) is 11.3 Å². The summed E-state index contributed by atoms with van der Waals surface area (Å²) in [4.78, 5) is 26.0. The summed E-state index contributed by atoms with van der Waals surface area (Å²) in [6.45, 7) is 4.76. The van der Waals surface area contributed by atoms with Gasteiger partial charge in [0.15, 0.2) is 6.61 Å². The molecular weight excluding hydrogens is 364 g/mol. The molecule has 3 rings (SSSR count). The van der Waals surface area contributed by atoms with Gasteiger partial charge in [-0.25, -0.2) is 0 Å². The van der Waals surface area contributed by atoms with Crippen LogP contribution in [0.3, 0.4) is 0 Å². The van der Waals surface area contributed by atoms with Crippen LogP contribution in [0.1, 0.15) is 19.4 Å². The minimum Gasteiger partial charge on any atom is -0.481 e. The molecule has 2 amide bonds. The van der Waals surface area contributed by atoms with Crippen molar-refractivity contribution in [3.63, 3.8) is 0 Å². The van der Waals surface area contributed by atoms with Crippen molar-refractivity contribution in [2.75, 3.05) is 23.4 Å². The maximum absolute atomic E-state index is 12.2. The number of rotatable bonds is 5. The molecule has 2 aromatic carbocycles. The van der Waals surface area contributed by atoms with Crippen molar-refractivity contribution in [2.45, 2.75) is 13.8 Å². The molecule has 27 heavy (non-hydrogen) atoms. The van der Waals surface area contributed by atoms with Gasteiger partial charge < -0.3 is 15.0 Å². The number of amides is 2. The Morgan fingerprint density at radius 1 is 1.26 bits per heavy atom. The van der Waals surface area contributed by atoms with E-state index in [4.69, 9.17) is 16.3 Å². The summed E-state index contributed by atoms with van der Waals surface area (Å²) < 4.78 is 5.54. The standard InChI is InChI=1S/C21H21ClN2O3/c1-14(2)12-24-18-9-8-17(11-19(18)27-13-21(24)26)23-20(25)10-5-15-3-6-16(22)7-4-15/h3-11,14H,12-13H2,1-2H3,(H,23,25)/b10-5+. The van der Waals surface area contributed by atoms with Crippen LogP contribution in [0.4, 0.5) is 11.4 Å². The number of halogens is 1. The number of fused-ring (bicyclic) bond motifs is 1. The first-order valence-corrected chi connectivity index (χ1v) is 9.12. The number of carbonyl (C=O) groups excluding carboxylic acids is 2. The van der Waals surface area contributed by atoms with Crippen LogP contribution in [0.25, 0.3) is 6.08 Å². The van der Waals surface area contributed by atoms with Gasteiger partial charge in [-0.2, -0.15) is 0 Å². The summed E-state index contributed by atoms with van der Waals surface area (Å²) in [6.07, 6.45) is 3.17. The number of ether oxygens (including phenoxy) is 1. The molecule has 1 aliphatic rings. The molecule has 0 aromatic heterocycles. The van der Waals surface area contributed by atoms with Crippen molar-refractivity contribution >= 4 is 40.9 Å². The van der Waals surface area contributed by atoms with Crippen molar-refractivity contribution in [2.24, 2.45) is 5.92 Å². The third-order valence-corrected chi connectivity index (χ3v) is 4.27. The highest BCUT2D eigenvalue weighted by molar-refractivity contribution is 6.30. The van der Waals surface area contributed by atoms with Gasteiger partial charge in [0.25, 0.3) is 5.91 Å². The second-order valence-corrected chi connectivity index (χ2v) is 7.18. The number of anilines is 2. The highest BCUT2D eigenvalue weighted by Gasteiger charge is 2.26. The van der Waals surface area contributed by atoms with E-state index in [0.29, 0.717) is 28.9 Å². The second-order valence-electron chi connectivity index (χ2n) is 6.74. The highest BCUT2D eigenvalue weighted by atomic mass is 35.5. The minimum absolute atomic E-state index is 0.00753. The monoisotopic (exact) mass is 384 g/mol. The lowest BCUT2D eigenvalue weighted by molar-refractivity contribution is -0.121. The molecule has 2 aromatic rings. The van der Waals surface area contributed by atoms with Gasteiger partial charge in [-0.15, -0.1) is 0 Å². The van der Waals surface area contributed by atoms with E-state index in [1.54, 1.807) is 41.3 Å². The summed E-state index contributed by atoms with van der Waals surface area (Å²) in [7, 11) is 0. The van der Waals surface area contributed by atoms with Crippen LogP contribution in [-0.2, 0) is 9.59 Å². The number of carbonyl (C=O) groups is 2. The first-order chi connectivity index (χ1) is 12.9. The van der Waals surface area contributed by atoms with Gasteiger partial charge in [0.2, 0.25) is 5.91 Å². The molecule has 0 radical (unpaired) electrons. The number of nitrogens with zero attached hydrogens (tertiary/aromatic N) is 1. The third-order valence-electron chi connectivity index (χ3n) is 4.02. The van der Waals surface area contributed by atoms with Crippen LogP contribution >= 0.6 is 11.6 Å². The zero-order valence-corrected chi connectivity index (χ0v) is 16.0. The third kappa shape index (κ3) is 4.89. The summed E-state index contributed by atoms with van der Waals surface area (Å²) in [5.41, 5.74) is 2.22. The Morgan fingerprint density at radius 2 is 2.00 bits per heavy atom. The molecule has 1 N–H and O–H groups in total. The van der Waals surface area contributed by atoms with Crippen molar-refractivity contribution in [3.8, 4) is 5.75 Å². The molecule has 140 valence electrons. The zero-order chi connectivity index (χ0) is 19.4. The molecule has 0 atom stereocenters. The molecule has 0 spiro atoms. The van der Waals surface area contributed by atoms with Crippen LogP contribution in [0.15, 0.2) is 48.5 Å². The Kier molecular flexibility index (Phi) is 5.81. The summed E-state index contributed by atoms with van der Waals surface area (Å²) in [6, 6.07) is 12.5. The Labute approximate surface area is 163 Å². The van der Waals surface area contributed by atoms with Crippen molar-refractivity contribution in [1.82, 2.24) is 0 Å². The van der Waals surface area contributed by atoms with E-state index in [1.807, 2.05) is 12.1 Å². The quantitative estimate of drug-likeness (QED) is 0.778. The first kappa shape index (κ1) is 19.0. The summed E-state index contributed by atoms with van der Waals surface area (Å²) >= 11 is 5.85. The molecule has 0 fully saturated rings. The van der Waals surface area contributed by atoms with Gasteiger partial charge in [0, 0.05) is 29.4 Å². The second kappa shape index (κ2) is 8.27. The zero-order valence-electron chi connectivity index (χ0n) is 15.2. The predicted molar refractivity (Wildman–Crippen MR) is 108 cm³/mol. The van der Waals surface area contributed by atoms with Gasteiger partial charge in [-0.3, -0.25) is 9.59 Å². The van der Waals surface area contributed by atoms with Crippen molar-refractivity contribution in [3.05, 3.63) is 59.1 Å². The number of nitrogens with one attached hydrogen (secondary N) is 1. The van der Waals surface area contributed by atoms with E-state index >= 15 is 0 Å². The SMILES string of the molecule is CC(C)CN1C(=O)COc2cc(NC(=O)/C=C/c3ccc(Cl)cc3)ccc21. The first-order valence-electron chi connectivity index (χ1n) is 8.74. The highest BCUT2D eigenvalue weighted by Crippen LogP contribution is 2.35. The molecule has 6 heteroatoms. The largest absolute Gasteiger partial charge is 0.481 e. The van der Waals surface area contributed by atoms with Gasteiger partial charge in [-0.05, 0) is 41.8 Å². The molecule has 0 unspecified atom stereocenters.